The number of nitrogens with two attached hydrogens (primary N) is 1. The molecule has 0 aliphatic carbocycles. The fraction of sp³-hybridized carbons (Fsp3) is 0.182. The maximum absolute atomic E-state index is 5.92. The van der Waals surface area contributed by atoms with Gasteiger partial charge in [-0.1, -0.05) is 29.3 Å². The van der Waals surface area contributed by atoms with Crippen molar-refractivity contribution in [3.63, 3.8) is 0 Å². The number of hydrogen-bond donors (Lipinski definition) is 1. The summed E-state index contributed by atoms with van der Waals surface area (Å²) in [7, 11) is 0. The SMILES string of the molecule is Cc1nn(Cc2ccc(Cl)c(N)c2)cc1Cl. The van der Waals surface area contributed by atoms with Crippen LogP contribution in [0.15, 0.2) is 24.4 Å². The Bertz CT molecular complexity index is 500. The van der Waals surface area contributed by atoms with E-state index in [9.17, 15) is 0 Å². The Morgan fingerprint density at radius 2 is 2.06 bits per heavy atom. The number of hydrogen-bond acceptors (Lipinski definition) is 2. The van der Waals surface area contributed by atoms with Gasteiger partial charge >= 0.3 is 0 Å². The van der Waals surface area contributed by atoms with E-state index >= 15 is 0 Å². The molecule has 1 aromatic carbocycles. The zero-order valence-corrected chi connectivity index (χ0v) is 10.3. The fourth-order valence-corrected chi connectivity index (χ4v) is 1.72. The van der Waals surface area contributed by atoms with E-state index in [1.807, 2.05) is 19.1 Å². The first-order chi connectivity index (χ1) is 7.56. The molecule has 0 bridgehead atoms. The van der Waals surface area contributed by atoms with Crippen LogP contribution in [0.1, 0.15) is 11.3 Å². The summed E-state index contributed by atoms with van der Waals surface area (Å²) in [6, 6.07) is 5.54. The first-order valence-corrected chi connectivity index (χ1v) is 5.55. The molecule has 1 aromatic heterocycles. The number of nitrogens with zero attached hydrogens (tertiary/aromatic N) is 2. The van der Waals surface area contributed by atoms with E-state index in [-0.39, 0.29) is 0 Å². The molecular formula is C11H11Cl2N3. The van der Waals surface area contributed by atoms with Crippen LogP contribution in [-0.4, -0.2) is 9.78 Å². The van der Waals surface area contributed by atoms with Crippen LogP contribution in [0.25, 0.3) is 0 Å². The van der Waals surface area contributed by atoms with Crippen LogP contribution in [0, 0.1) is 6.92 Å². The average molecular weight is 256 g/mol. The summed E-state index contributed by atoms with van der Waals surface area (Å²) >= 11 is 11.8. The van der Waals surface area contributed by atoms with Gasteiger partial charge in [0.15, 0.2) is 0 Å². The molecule has 2 rings (SSSR count). The third-order valence-electron chi connectivity index (χ3n) is 2.29. The van der Waals surface area contributed by atoms with Gasteiger partial charge in [-0.3, -0.25) is 4.68 Å². The molecule has 0 radical (unpaired) electrons. The standard InChI is InChI=1S/C11H11Cl2N3/c1-7-10(13)6-16(15-7)5-8-2-3-9(12)11(14)4-8/h2-4,6H,5,14H2,1H3. The largest absolute Gasteiger partial charge is 0.398 e. The lowest BCUT2D eigenvalue weighted by atomic mass is 10.2. The molecule has 0 saturated heterocycles. The second-order valence-corrected chi connectivity index (χ2v) is 4.43. The molecule has 0 atom stereocenters. The quantitative estimate of drug-likeness (QED) is 0.839. The molecule has 0 aliphatic heterocycles. The molecule has 0 unspecified atom stereocenters. The van der Waals surface area contributed by atoms with Crippen molar-refractivity contribution >= 4 is 28.9 Å². The lowest BCUT2D eigenvalue weighted by Gasteiger charge is -2.04. The predicted octanol–water partition coefficient (Wildman–Crippen LogP) is 3.13. The second kappa shape index (κ2) is 4.36. The molecule has 0 spiro atoms. The Kier molecular flexibility index (Phi) is 3.08. The van der Waals surface area contributed by atoms with E-state index in [1.165, 1.54) is 0 Å². The van der Waals surface area contributed by atoms with Crippen LogP contribution in [0.3, 0.4) is 0 Å². The van der Waals surface area contributed by atoms with Gasteiger partial charge in [0, 0.05) is 6.20 Å². The highest BCUT2D eigenvalue weighted by atomic mass is 35.5. The summed E-state index contributed by atoms with van der Waals surface area (Å²) in [6.07, 6.45) is 1.79. The zero-order chi connectivity index (χ0) is 11.7. The Balaban J connectivity index is 2.23. The van der Waals surface area contributed by atoms with Crippen molar-refractivity contribution < 1.29 is 0 Å². The van der Waals surface area contributed by atoms with Gasteiger partial charge in [-0.15, -0.1) is 0 Å². The summed E-state index contributed by atoms with van der Waals surface area (Å²) in [5, 5.41) is 5.50. The number of aromatic nitrogens is 2. The molecule has 3 nitrogen and oxygen atoms in total. The molecule has 0 fully saturated rings. The number of benzene rings is 1. The summed E-state index contributed by atoms with van der Waals surface area (Å²) in [4.78, 5) is 0. The van der Waals surface area contributed by atoms with Crippen LogP contribution in [-0.2, 0) is 6.54 Å². The van der Waals surface area contributed by atoms with E-state index in [2.05, 4.69) is 5.10 Å². The summed E-state index contributed by atoms with van der Waals surface area (Å²) in [6.45, 7) is 2.50. The fourth-order valence-electron chi connectivity index (χ4n) is 1.45. The molecule has 0 amide bonds. The predicted molar refractivity (Wildman–Crippen MR) is 66.9 cm³/mol. The van der Waals surface area contributed by atoms with Crippen LogP contribution >= 0.6 is 23.2 Å². The van der Waals surface area contributed by atoms with Gasteiger partial charge < -0.3 is 5.73 Å². The number of anilines is 1. The Hall–Kier alpha value is -1.19. The number of rotatable bonds is 2. The number of aryl methyl sites for hydroxylation is 1. The molecule has 5 heteroatoms. The Morgan fingerprint density at radius 3 is 2.62 bits per heavy atom. The highest BCUT2D eigenvalue weighted by Crippen LogP contribution is 2.20. The zero-order valence-electron chi connectivity index (χ0n) is 8.74. The van der Waals surface area contributed by atoms with Crippen molar-refractivity contribution in [2.45, 2.75) is 13.5 Å². The maximum atomic E-state index is 5.92. The summed E-state index contributed by atoms with van der Waals surface area (Å²) < 4.78 is 1.78. The van der Waals surface area contributed by atoms with Gasteiger partial charge in [-0.05, 0) is 24.6 Å². The normalized spacial score (nSPS) is 10.7. The molecule has 84 valence electrons. The number of nitrogen functional groups attached to an aromatic ring is 1. The Morgan fingerprint density at radius 1 is 1.31 bits per heavy atom. The van der Waals surface area contributed by atoms with Gasteiger partial charge in [0.05, 0.1) is 28.0 Å². The molecule has 2 aromatic rings. The third-order valence-corrected chi connectivity index (χ3v) is 3.01. The van der Waals surface area contributed by atoms with Crippen molar-refractivity contribution in [1.82, 2.24) is 9.78 Å². The van der Waals surface area contributed by atoms with Crippen molar-refractivity contribution in [3.05, 3.63) is 45.7 Å². The minimum atomic E-state index is 0.568. The van der Waals surface area contributed by atoms with Crippen LogP contribution in [0.4, 0.5) is 5.69 Å². The van der Waals surface area contributed by atoms with E-state index in [0.717, 1.165) is 11.3 Å². The topological polar surface area (TPSA) is 43.8 Å². The number of halogens is 2. The highest BCUT2D eigenvalue weighted by Gasteiger charge is 2.03. The molecule has 1 heterocycles. The van der Waals surface area contributed by atoms with E-state index < -0.39 is 0 Å². The van der Waals surface area contributed by atoms with E-state index in [0.29, 0.717) is 22.3 Å². The van der Waals surface area contributed by atoms with Gasteiger partial charge in [-0.25, -0.2) is 0 Å². The Labute approximate surface area is 104 Å². The van der Waals surface area contributed by atoms with Crippen LogP contribution < -0.4 is 5.73 Å². The first-order valence-electron chi connectivity index (χ1n) is 4.79. The summed E-state index contributed by atoms with van der Waals surface area (Å²) in [5.74, 6) is 0. The monoisotopic (exact) mass is 255 g/mol. The lowest BCUT2D eigenvalue weighted by molar-refractivity contribution is 0.680. The highest BCUT2D eigenvalue weighted by molar-refractivity contribution is 6.33. The molecular weight excluding hydrogens is 245 g/mol. The minimum Gasteiger partial charge on any atom is -0.398 e. The smallest absolute Gasteiger partial charge is 0.0815 e. The third kappa shape index (κ3) is 2.31. The second-order valence-electron chi connectivity index (χ2n) is 3.62. The van der Waals surface area contributed by atoms with E-state index in [1.54, 1.807) is 16.9 Å². The van der Waals surface area contributed by atoms with Crippen molar-refractivity contribution in [3.8, 4) is 0 Å². The van der Waals surface area contributed by atoms with Gasteiger partial charge in [0.25, 0.3) is 0 Å². The van der Waals surface area contributed by atoms with Gasteiger partial charge in [0.2, 0.25) is 0 Å². The molecule has 2 N–H and O–H groups in total. The summed E-state index contributed by atoms with van der Waals surface area (Å²) in [5.41, 5.74) is 8.17. The van der Waals surface area contributed by atoms with Gasteiger partial charge in [0.1, 0.15) is 0 Å². The maximum Gasteiger partial charge on any atom is 0.0815 e. The average Bonchev–Trinajstić information content (AvgIpc) is 2.52. The van der Waals surface area contributed by atoms with Crippen molar-refractivity contribution in [2.24, 2.45) is 0 Å². The molecule has 0 saturated carbocycles. The first kappa shape index (κ1) is 11.3. The van der Waals surface area contributed by atoms with Crippen LogP contribution in [0.2, 0.25) is 10.0 Å². The molecule has 16 heavy (non-hydrogen) atoms. The van der Waals surface area contributed by atoms with Crippen molar-refractivity contribution in [2.75, 3.05) is 5.73 Å². The van der Waals surface area contributed by atoms with Crippen molar-refractivity contribution in [1.29, 1.82) is 0 Å². The van der Waals surface area contributed by atoms with Crippen LogP contribution in [0.5, 0.6) is 0 Å². The lowest BCUT2D eigenvalue weighted by Crippen LogP contribution is -2.01. The van der Waals surface area contributed by atoms with Gasteiger partial charge in [-0.2, -0.15) is 5.10 Å². The van der Waals surface area contributed by atoms with E-state index in [4.69, 9.17) is 28.9 Å². The molecule has 0 aliphatic rings. The minimum absolute atomic E-state index is 0.568.